The molecule has 0 aromatic heterocycles. The van der Waals surface area contributed by atoms with Crippen molar-refractivity contribution in [2.45, 2.75) is 46.1 Å². The van der Waals surface area contributed by atoms with Crippen LogP contribution in [0, 0.1) is 12.8 Å². The molecule has 0 aliphatic carbocycles. The predicted octanol–water partition coefficient (Wildman–Crippen LogP) is 2.27. The molecule has 1 amide bonds. The van der Waals surface area contributed by atoms with Crippen molar-refractivity contribution in [3.8, 4) is 0 Å². The number of carbonyl (C=O) groups excluding carboxylic acids is 1. The number of hydrogen-bond donors (Lipinski definition) is 3. The Balaban J connectivity index is 2.08. The number of aryl methyl sites for hydroxylation is 2. The summed E-state index contributed by atoms with van der Waals surface area (Å²) in [5.41, 5.74) is 2.73. The van der Waals surface area contributed by atoms with Crippen LogP contribution in [0.1, 0.15) is 37.8 Å². The van der Waals surface area contributed by atoms with Crippen LogP contribution in [0.5, 0.6) is 0 Å². The summed E-state index contributed by atoms with van der Waals surface area (Å²) in [6.45, 7) is 10.2. The summed E-state index contributed by atoms with van der Waals surface area (Å²) in [6, 6.07) is 9.13. The van der Waals surface area contributed by atoms with Crippen LogP contribution in [0.4, 0.5) is 0 Å². The molecule has 0 saturated carbocycles. The van der Waals surface area contributed by atoms with E-state index in [1.807, 2.05) is 0 Å². The van der Waals surface area contributed by atoms with Gasteiger partial charge >= 0.3 is 0 Å². The molecule has 130 valence electrons. The molecular weight excluding hydrogens is 286 g/mol. The van der Waals surface area contributed by atoms with Crippen LogP contribution in [0.15, 0.2) is 24.3 Å². The van der Waals surface area contributed by atoms with E-state index in [0.717, 1.165) is 45.3 Å². The van der Waals surface area contributed by atoms with Gasteiger partial charge in [0.1, 0.15) is 0 Å². The fourth-order valence-electron chi connectivity index (χ4n) is 2.58. The summed E-state index contributed by atoms with van der Waals surface area (Å²) in [5.74, 6) is 0.559. The first kappa shape index (κ1) is 19.7. The van der Waals surface area contributed by atoms with Crippen LogP contribution in [-0.2, 0) is 11.2 Å². The molecule has 1 aromatic rings. The van der Waals surface area contributed by atoms with Crippen molar-refractivity contribution in [2.24, 2.45) is 5.92 Å². The number of hydrogen-bond acceptors (Lipinski definition) is 3. The summed E-state index contributed by atoms with van der Waals surface area (Å²) in [6.07, 6.45) is 4.17. The van der Waals surface area contributed by atoms with Gasteiger partial charge in [0.25, 0.3) is 0 Å². The van der Waals surface area contributed by atoms with Crippen LogP contribution < -0.4 is 16.0 Å². The fourth-order valence-corrected chi connectivity index (χ4v) is 2.58. The van der Waals surface area contributed by atoms with Crippen molar-refractivity contribution in [1.29, 1.82) is 0 Å². The van der Waals surface area contributed by atoms with Crippen LogP contribution in [-0.4, -0.2) is 38.6 Å². The van der Waals surface area contributed by atoms with Gasteiger partial charge in [0, 0.05) is 25.7 Å². The summed E-state index contributed by atoms with van der Waals surface area (Å²) in [7, 11) is 0. The van der Waals surface area contributed by atoms with Gasteiger partial charge in [0.05, 0.1) is 0 Å². The molecule has 23 heavy (non-hydrogen) atoms. The molecule has 0 aliphatic heterocycles. The fraction of sp³-hybridized carbons (Fsp3) is 0.632. The highest BCUT2D eigenvalue weighted by molar-refractivity contribution is 5.45. The number of amides is 1. The first-order valence-electron chi connectivity index (χ1n) is 8.84. The predicted molar refractivity (Wildman–Crippen MR) is 97.7 cm³/mol. The Kier molecular flexibility index (Phi) is 10.3. The maximum Gasteiger partial charge on any atom is 0.207 e. The van der Waals surface area contributed by atoms with Gasteiger partial charge < -0.3 is 16.0 Å². The number of benzene rings is 1. The first-order chi connectivity index (χ1) is 11.2. The molecule has 2 unspecified atom stereocenters. The Morgan fingerprint density at radius 2 is 1.87 bits per heavy atom. The third-order valence-corrected chi connectivity index (χ3v) is 4.40. The monoisotopic (exact) mass is 319 g/mol. The van der Waals surface area contributed by atoms with Gasteiger partial charge in [-0.25, -0.2) is 0 Å². The smallest absolute Gasteiger partial charge is 0.207 e. The van der Waals surface area contributed by atoms with Crippen molar-refractivity contribution in [2.75, 3.05) is 26.2 Å². The summed E-state index contributed by atoms with van der Waals surface area (Å²) in [5, 5.41) is 9.80. The Bertz CT molecular complexity index is 419. The minimum atomic E-state index is 0.347. The quantitative estimate of drug-likeness (QED) is 0.386. The Morgan fingerprint density at radius 3 is 2.52 bits per heavy atom. The molecule has 4 heteroatoms. The molecule has 0 fully saturated rings. The molecule has 0 spiro atoms. The molecule has 4 nitrogen and oxygen atoms in total. The lowest BCUT2D eigenvalue weighted by Gasteiger charge is -2.24. The first-order valence-corrected chi connectivity index (χ1v) is 8.84. The molecule has 0 saturated heterocycles. The van der Waals surface area contributed by atoms with E-state index in [4.69, 9.17) is 0 Å². The van der Waals surface area contributed by atoms with Gasteiger partial charge in [-0.3, -0.25) is 4.79 Å². The standard InChI is InChI=1S/C19H33N3O/c1-4-17(3)19(14-21-15-23)22-13-12-20-11-5-6-18-9-7-16(2)8-10-18/h7-10,15,17,19-20,22H,4-6,11-14H2,1-3H3,(H,21,23). The van der Waals surface area contributed by atoms with Gasteiger partial charge in [-0.05, 0) is 37.8 Å². The second-order valence-corrected chi connectivity index (χ2v) is 6.31. The lowest BCUT2D eigenvalue weighted by Crippen LogP contribution is -2.45. The van der Waals surface area contributed by atoms with Crippen LogP contribution >= 0.6 is 0 Å². The van der Waals surface area contributed by atoms with Crippen molar-refractivity contribution in [3.05, 3.63) is 35.4 Å². The highest BCUT2D eigenvalue weighted by Crippen LogP contribution is 2.06. The van der Waals surface area contributed by atoms with Crippen LogP contribution in [0.2, 0.25) is 0 Å². The lowest BCUT2D eigenvalue weighted by molar-refractivity contribution is -0.109. The molecule has 1 rings (SSSR count). The highest BCUT2D eigenvalue weighted by Gasteiger charge is 2.13. The summed E-state index contributed by atoms with van der Waals surface area (Å²) in [4.78, 5) is 10.5. The van der Waals surface area contributed by atoms with Gasteiger partial charge in [-0.15, -0.1) is 0 Å². The molecule has 2 atom stereocenters. The second-order valence-electron chi connectivity index (χ2n) is 6.31. The van der Waals surface area contributed by atoms with E-state index < -0.39 is 0 Å². The molecule has 0 aliphatic rings. The van der Waals surface area contributed by atoms with Crippen LogP contribution in [0.25, 0.3) is 0 Å². The van der Waals surface area contributed by atoms with Crippen molar-refractivity contribution >= 4 is 6.41 Å². The van der Waals surface area contributed by atoms with Crippen molar-refractivity contribution in [3.63, 3.8) is 0 Å². The molecule has 0 radical (unpaired) electrons. The van der Waals surface area contributed by atoms with E-state index in [9.17, 15) is 4.79 Å². The maximum absolute atomic E-state index is 10.5. The van der Waals surface area contributed by atoms with Crippen molar-refractivity contribution < 1.29 is 4.79 Å². The average molecular weight is 319 g/mol. The van der Waals surface area contributed by atoms with E-state index in [-0.39, 0.29) is 0 Å². The zero-order chi connectivity index (χ0) is 16.9. The second kappa shape index (κ2) is 12.1. The van der Waals surface area contributed by atoms with Gasteiger partial charge in [0.15, 0.2) is 0 Å². The third kappa shape index (κ3) is 8.72. The molecule has 1 aromatic carbocycles. The summed E-state index contributed by atoms with van der Waals surface area (Å²) < 4.78 is 0. The average Bonchev–Trinajstić information content (AvgIpc) is 2.57. The molecular formula is C19H33N3O. The van der Waals surface area contributed by atoms with Crippen LogP contribution in [0.3, 0.4) is 0 Å². The van der Waals surface area contributed by atoms with Crippen molar-refractivity contribution in [1.82, 2.24) is 16.0 Å². The Morgan fingerprint density at radius 1 is 1.13 bits per heavy atom. The van der Waals surface area contributed by atoms with Gasteiger partial charge in [-0.1, -0.05) is 50.1 Å². The lowest BCUT2D eigenvalue weighted by atomic mass is 9.99. The molecule has 3 N–H and O–H groups in total. The summed E-state index contributed by atoms with van der Waals surface area (Å²) >= 11 is 0. The topological polar surface area (TPSA) is 53.2 Å². The molecule has 0 heterocycles. The maximum atomic E-state index is 10.5. The third-order valence-electron chi connectivity index (χ3n) is 4.40. The SMILES string of the molecule is CCC(C)C(CNC=O)NCCNCCCc1ccc(C)cc1. The zero-order valence-electron chi connectivity index (χ0n) is 14.9. The Labute approximate surface area is 141 Å². The van der Waals surface area contributed by atoms with Gasteiger partial charge in [0.2, 0.25) is 6.41 Å². The number of nitrogens with one attached hydrogen (secondary N) is 3. The van der Waals surface area contributed by atoms with E-state index in [2.05, 4.69) is 61.0 Å². The van der Waals surface area contributed by atoms with E-state index in [0.29, 0.717) is 18.5 Å². The zero-order valence-corrected chi connectivity index (χ0v) is 14.9. The largest absolute Gasteiger partial charge is 0.357 e. The normalized spacial score (nSPS) is 13.5. The highest BCUT2D eigenvalue weighted by atomic mass is 16.1. The number of rotatable bonds is 13. The number of carbonyl (C=O) groups is 1. The van der Waals surface area contributed by atoms with E-state index in [1.54, 1.807) is 0 Å². The minimum absolute atomic E-state index is 0.347. The minimum Gasteiger partial charge on any atom is -0.357 e. The van der Waals surface area contributed by atoms with Gasteiger partial charge in [-0.2, -0.15) is 0 Å². The van der Waals surface area contributed by atoms with E-state index >= 15 is 0 Å². The van der Waals surface area contributed by atoms with E-state index in [1.165, 1.54) is 11.1 Å². The Hall–Kier alpha value is -1.39. The molecule has 0 bridgehead atoms.